The van der Waals surface area contributed by atoms with Gasteiger partial charge in [-0.1, -0.05) is 12.6 Å². The van der Waals surface area contributed by atoms with Crippen molar-refractivity contribution in [3.8, 4) is 0 Å². The van der Waals surface area contributed by atoms with E-state index in [9.17, 15) is 13.2 Å². The molecule has 1 amide bonds. The average Bonchev–Trinajstić information content (AvgIpc) is 3.12. The highest BCUT2D eigenvalue weighted by molar-refractivity contribution is 7.93. The Morgan fingerprint density at radius 2 is 2.15 bits per heavy atom. The number of rotatable bonds is 5. The number of hydrogen-bond donors (Lipinski definition) is 0. The maximum Gasteiger partial charge on any atom is 0.250 e. The van der Waals surface area contributed by atoms with Crippen LogP contribution >= 0.6 is 0 Å². The summed E-state index contributed by atoms with van der Waals surface area (Å²) < 4.78 is 27.5. The van der Waals surface area contributed by atoms with E-state index < -0.39 is 10.0 Å². The molecule has 2 aromatic rings. The van der Waals surface area contributed by atoms with Gasteiger partial charge in [0.05, 0.1) is 29.4 Å². The smallest absolute Gasteiger partial charge is 0.250 e. The van der Waals surface area contributed by atoms with Crippen LogP contribution in [0, 0.1) is 6.92 Å². The highest BCUT2D eigenvalue weighted by Crippen LogP contribution is 2.29. The molecule has 0 atom stereocenters. The van der Waals surface area contributed by atoms with Crippen molar-refractivity contribution < 1.29 is 13.2 Å². The molecule has 0 unspecified atom stereocenters. The third-order valence-corrected chi connectivity index (χ3v) is 6.26. The van der Waals surface area contributed by atoms with Gasteiger partial charge in [-0.3, -0.25) is 13.8 Å². The second kappa shape index (κ2) is 6.95. The monoisotopic (exact) mass is 374 g/mol. The van der Waals surface area contributed by atoms with E-state index in [1.165, 1.54) is 10.4 Å². The lowest BCUT2D eigenvalue weighted by Gasteiger charge is -2.24. The Hall–Kier alpha value is -2.61. The highest BCUT2D eigenvalue weighted by atomic mass is 32.2. The van der Waals surface area contributed by atoms with Crippen LogP contribution in [-0.4, -0.2) is 36.4 Å². The van der Waals surface area contributed by atoms with E-state index in [1.807, 2.05) is 20.0 Å². The van der Waals surface area contributed by atoms with Crippen molar-refractivity contribution in [2.45, 2.75) is 19.9 Å². The molecule has 1 aliphatic heterocycles. The summed E-state index contributed by atoms with van der Waals surface area (Å²) in [6.45, 7) is 6.25. The quantitative estimate of drug-likeness (QED) is 0.750. The first-order chi connectivity index (χ1) is 12.3. The van der Waals surface area contributed by atoms with E-state index in [1.54, 1.807) is 33.8 Å². The van der Waals surface area contributed by atoms with Gasteiger partial charge in [-0.05, 0) is 43.7 Å². The minimum atomic E-state index is -3.28. The fraction of sp³-hybridized carbons (Fsp3) is 0.333. The van der Waals surface area contributed by atoms with Crippen LogP contribution in [0.4, 0.5) is 11.4 Å². The van der Waals surface area contributed by atoms with E-state index in [2.05, 4.69) is 11.7 Å². The van der Waals surface area contributed by atoms with Gasteiger partial charge in [0.15, 0.2) is 0 Å². The van der Waals surface area contributed by atoms with Crippen LogP contribution in [0.25, 0.3) is 0 Å². The normalized spacial score (nSPS) is 15.8. The SMILES string of the molecule is C=CC(=O)N(Cc1cc(C)nn1C)c1cccc(N2CCCS2(=O)=O)c1. The number of sulfonamides is 1. The second-order valence-electron chi connectivity index (χ2n) is 6.29. The number of anilines is 2. The standard InChI is InChI=1S/C18H22N4O3S/c1-4-18(23)21(13-17-11-14(2)19-20(17)3)15-7-5-8-16(12-15)22-9-6-10-26(22,24)25/h4-5,7-8,11-12H,1,6,9-10,13H2,2-3H3. The molecular formula is C18H22N4O3S. The number of nitrogens with zero attached hydrogens (tertiary/aromatic N) is 4. The van der Waals surface area contributed by atoms with Gasteiger partial charge in [-0.15, -0.1) is 0 Å². The summed E-state index contributed by atoms with van der Waals surface area (Å²) in [4.78, 5) is 14.0. The van der Waals surface area contributed by atoms with E-state index in [4.69, 9.17) is 0 Å². The van der Waals surface area contributed by atoms with Crippen molar-refractivity contribution in [1.29, 1.82) is 0 Å². The van der Waals surface area contributed by atoms with Crippen LogP contribution in [0.5, 0.6) is 0 Å². The first-order valence-corrected chi connectivity index (χ1v) is 9.96. The average molecular weight is 374 g/mol. The van der Waals surface area contributed by atoms with Crippen molar-refractivity contribution in [2.24, 2.45) is 7.05 Å². The Morgan fingerprint density at radius 1 is 1.38 bits per heavy atom. The van der Waals surface area contributed by atoms with Crippen molar-refractivity contribution in [3.63, 3.8) is 0 Å². The Bertz CT molecular complexity index is 949. The predicted molar refractivity (Wildman–Crippen MR) is 102 cm³/mol. The predicted octanol–water partition coefficient (Wildman–Crippen LogP) is 1.99. The van der Waals surface area contributed by atoms with Gasteiger partial charge in [0.2, 0.25) is 10.0 Å². The first-order valence-electron chi connectivity index (χ1n) is 8.36. The van der Waals surface area contributed by atoms with E-state index in [0.717, 1.165) is 11.4 Å². The van der Waals surface area contributed by atoms with Gasteiger partial charge in [0, 0.05) is 19.3 Å². The zero-order chi connectivity index (χ0) is 18.9. The van der Waals surface area contributed by atoms with Gasteiger partial charge in [0.1, 0.15) is 0 Å². The number of aryl methyl sites for hydroxylation is 2. The number of benzene rings is 1. The van der Waals surface area contributed by atoms with E-state index in [-0.39, 0.29) is 11.7 Å². The number of aromatic nitrogens is 2. The van der Waals surface area contributed by atoms with Crippen LogP contribution < -0.4 is 9.21 Å². The first kappa shape index (κ1) is 18.2. The lowest BCUT2D eigenvalue weighted by Crippen LogP contribution is -2.30. The number of hydrogen-bond acceptors (Lipinski definition) is 4. The third kappa shape index (κ3) is 3.50. The molecule has 7 nitrogen and oxygen atoms in total. The lowest BCUT2D eigenvalue weighted by atomic mass is 10.2. The minimum Gasteiger partial charge on any atom is -0.303 e. The molecular weight excluding hydrogens is 352 g/mol. The molecule has 138 valence electrons. The molecule has 0 bridgehead atoms. The van der Waals surface area contributed by atoms with Crippen LogP contribution in [0.15, 0.2) is 43.0 Å². The summed E-state index contributed by atoms with van der Waals surface area (Å²) >= 11 is 0. The lowest BCUT2D eigenvalue weighted by molar-refractivity contribution is -0.114. The summed E-state index contributed by atoms with van der Waals surface area (Å²) in [5.74, 6) is -0.105. The third-order valence-electron chi connectivity index (χ3n) is 4.39. The Labute approximate surface area is 153 Å². The van der Waals surface area contributed by atoms with Crippen molar-refractivity contribution in [1.82, 2.24) is 9.78 Å². The van der Waals surface area contributed by atoms with E-state index in [0.29, 0.717) is 30.9 Å². The number of carbonyl (C=O) groups excluding carboxylic acids is 1. The molecule has 0 spiro atoms. The maximum atomic E-state index is 12.4. The fourth-order valence-electron chi connectivity index (χ4n) is 3.13. The summed E-state index contributed by atoms with van der Waals surface area (Å²) in [6, 6.07) is 8.94. The molecule has 1 aliphatic rings. The Morgan fingerprint density at radius 3 is 2.73 bits per heavy atom. The van der Waals surface area contributed by atoms with Crippen LogP contribution in [0.3, 0.4) is 0 Å². The molecule has 1 saturated heterocycles. The summed E-state index contributed by atoms with van der Waals surface area (Å²) in [6.07, 6.45) is 1.86. The zero-order valence-corrected chi connectivity index (χ0v) is 15.7. The molecule has 8 heteroatoms. The van der Waals surface area contributed by atoms with Gasteiger partial charge in [0.25, 0.3) is 5.91 Å². The minimum absolute atomic E-state index is 0.154. The topological polar surface area (TPSA) is 75.5 Å². The van der Waals surface area contributed by atoms with Crippen molar-refractivity contribution >= 4 is 27.3 Å². The van der Waals surface area contributed by atoms with Gasteiger partial charge >= 0.3 is 0 Å². The number of carbonyl (C=O) groups is 1. The van der Waals surface area contributed by atoms with Gasteiger partial charge < -0.3 is 4.90 Å². The van der Waals surface area contributed by atoms with Crippen LogP contribution in [0.1, 0.15) is 17.8 Å². The summed E-state index contributed by atoms with van der Waals surface area (Å²) in [5.41, 5.74) is 2.93. The second-order valence-corrected chi connectivity index (χ2v) is 8.30. The molecule has 1 fully saturated rings. The molecule has 0 radical (unpaired) electrons. The Kier molecular flexibility index (Phi) is 4.86. The van der Waals surface area contributed by atoms with Crippen molar-refractivity contribution in [2.75, 3.05) is 21.5 Å². The zero-order valence-electron chi connectivity index (χ0n) is 14.9. The van der Waals surface area contributed by atoms with Gasteiger partial charge in [-0.2, -0.15) is 5.10 Å². The Balaban J connectivity index is 1.97. The van der Waals surface area contributed by atoms with Crippen LogP contribution in [-0.2, 0) is 28.4 Å². The summed E-state index contributed by atoms with van der Waals surface area (Å²) in [5, 5.41) is 4.31. The molecule has 0 N–H and O–H groups in total. The molecule has 0 saturated carbocycles. The highest BCUT2D eigenvalue weighted by Gasteiger charge is 2.29. The number of amides is 1. The largest absolute Gasteiger partial charge is 0.303 e. The molecule has 2 heterocycles. The molecule has 26 heavy (non-hydrogen) atoms. The molecule has 1 aromatic carbocycles. The molecule has 3 rings (SSSR count). The van der Waals surface area contributed by atoms with Gasteiger partial charge in [-0.25, -0.2) is 8.42 Å². The van der Waals surface area contributed by atoms with E-state index >= 15 is 0 Å². The summed E-state index contributed by atoms with van der Waals surface area (Å²) in [7, 11) is -1.45. The fourth-order valence-corrected chi connectivity index (χ4v) is 4.68. The van der Waals surface area contributed by atoms with Crippen LogP contribution in [0.2, 0.25) is 0 Å². The molecule has 1 aromatic heterocycles. The maximum absolute atomic E-state index is 12.4. The molecule has 0 aliphatic carbocycles. The van der Waals surface area contributed by atoms with Crippen molar-refractivity contribution in [3.05, 3.63) is 54.4 Å².